The number of fused-ring (bicyclic) bond motifs is 2. The van der Waals surface area contributed by atoms with Crippen molar-refractivity contribution in [3.8, 4) is 0 Å². The number of aryl methyl sites for hydroxylation is 1. The summed E-state index contributed by atoms with van der Waals surface area (Å²) in [6.45, 7) is 2.20. The standard InChI is InChI=1S/C14H20N2O2S/c1-8-2-5-12(19-8)15-14(18)16-13-10-4-3-9(6-10)11(13)7-17/h2,5,9-11,13,17H,3-4,6-7H2,1H3,(H2,15,16,18). The molecule has 2 fully saturated rings. The molecule has 0 radical (unpaired) electrons. The Hall–Kier alpha value is -1.07. The number of nitrogens with one attached hydrogen (secondary N) is 2. The lowest BCUT2D eigenvalue weighted by atomic mass is 9.85. The van der Waals surface area contributed by atoms with Crippen LogP contribution < -0.4 is 10.6 Å². The average molecular weight is 280 g/mol. The van der Waals surface area contributed by atoms with E-state index in [1.807, 2.05) is 19.1 Å². The summed E-state index contributed by atoms with van der Waals surface area (Å²) >= 11 is 1.57. The van der Waals surface area contributed by atoms with E-state index in [0.29, 0.717) is 11.8 Å². The Bertz CT molecular complexity index is 474. The van der Waals surface area contributed by atoms with Gasteiger partial charge in [0.1, 0.15) is 0 Å². The Morgan fingerprint density at radius 2 is 2.21 bits per heavy atom. The third-order valence-corrected chi connectivity index (χ3v) is 5.49. The molecule has 2 amide bonds. The molecule has 104 valence electrons. The molecule has 2 bridgehead atoms. The molecule has 0 aromatic carbocycles. The maximum absolute atomic E-state index is 12.0. The van der Waals surface area contributed by atoms with Gasteiger partial charge in [-0.2, -0.15) is 0 Å². The second-order valence-electron chi connectivity index (χ2n) is 5.71. The quantitative estimate of drug-likeness (QED) is 0.797. The number of anilines is 1. The molecule has 4 atom stereocenters. The summed E-state index contributed by atoms with van der Waals surface area (Å²) in [5.41, 5.74) is 0. The summed E-state index contributed by atoms with van der Waals surface area (Å²) in [5, 5.41) is 16.3. The molecule has 3 N–H and O–H groups in total. The fraction of sp³-hybridized carbons (Fsp3) is 0.643. The van der Waals surface area contributed by atoms with Crippen molar-refractivity contribution in [3.63, 3.8) is 0 Å². The molecule has 4 unspecified atom stereocenters. The minimum atomic E-state index is -0.141. The van der Waals surface area contributed by atoms with Gasteiger partial charge in [-0.3, -0.25) is 5.32 Å². The van der Waals surface area contributed by atoms with E-state index in [4.69, 9.17) is 0 Å². The van der Waals surface area contributed by atoms with Gasteiger partial charge in [0.2, 0.25) is 0 Å². The van der Waals surface area contributed by atoms with Crippen LogP contribution in [-0.2, 0) is 0 Å². The van der Waals surface area contributed by atoms with Crippen molar-refractivity contribution in [2.24, 2.45) is 17.8 Å². The van der Waals surface area contributed by atoms with Crippen LogP contribution in [0.5, 0.6) is 0 Å². The van der Waals surface area contributed by atoms with Crippen molar-refractivity contribution in [2.75, 3.05) is 11.9 Å². The molecule has 4 nitrogen and oxygen atoms in total. The van der Waals surface area contributed by atoms with Crippen LogP contribution in [0, 0.1) is 24.7 Å². The van der Waals surface area contributed by atoms with Crippen molar-refractivity contribution in [3.05, 3.63) is 17.0 Å². The normalized spacial score (nSPS) is 32.5. The van der Waals surface area contributed by atoms with Crippen molar-refractivity contribution in [2.45, 2.75) is 32.2 Å². The van der Waals surface area contributed by atoms with E-state index in [2.05, 4.69) is 10.6 Å². The monoisotopic (exact) mass is 280 g/mol. The van der Waals surface area contributed by atoms with Crippen molar-refractivity contribution in [1.82, 2.24) is 5.32 Å². The lowest BCUT2D eigenvalue weighted by Gasteiger charge is -2.30. The maximum atomic E-state index is 12.0. The van der Waals surface area contributed by atoms with Crippen molar-refractivity contribution < 1.29 is 9.90 Å². The van der Waals surface area contributed by atoms with Crippen LogP contribution in [0.15, 0.2) is 12.1 Å². The summed E-state index contributed by atoms with van der Waals surface area (Å²) < 4.78 is 0. The van der Waals surface area contributed by atoms with E-state index in [-0.39, 0.29) is 24.6 Å². The van der Waals surface area contributed by atoms with Gasteiger partial charge in [-0.05, 0) is 50.2 Å². The third-order valence-electron chi connectivity index (χ3n) is 4.57. The molecule has 19 heavy (non-hydrogen) atoms. The highest BCUT2D eigenvalue weighted by Gasteiger charge is 2.47. The Morgan fingerprint density at radius 1 is 1.42 bits per heavy atom. The summed E-state index contributed by atoms with van der Waals surface area (Å²) in [4.78, 5) is 13.2. The molecule has 2 aliphatic carbocycles. The smallest absolute Gasteiger partial charge is 0.320 e. The first-order valence-corrected chi connectivity index (χ1v) is 7.74. The summed E-state index contributed by atoms with van der Waals surface area (Å²) in [6, 6.07) is 3.92. The molecule has 0 spiro atoms. The Labute approximate surface area is 117 Å². The number of amides is 2. The van der Waals surface area contributed by atoms with Gasteiger partial charge in [-0.1, -0.05) is 0 Å². The van der Waals surface area contributed by atoms with E-state index >= 15 is 0 Å². The number of aliphatic hydroxyl groups excluding tert-OH is 1. The van der Waals surface area contributed by atoms with E-state index in [0.717, 1.165) is 11.4 Å². The van der Waals surface area contributed by atoms with Gasteiger partial charge in [0.25, 0.3) is 0 Å². The van der Waals surface area contributed by atoms with Gasteiger partial charge in [0, 0.05) is 23.4 Å². The molecule has 0 saturated heterocycles. The number of hydrogen-bond acceptors (Lipinski definition) is 3. The minimum absolute atomic E-state index is 0.141. The van der Waals surface area contributed by atoms with Crippen LogP contribution in [-0.4, -0.2) is 23.8 Å². The minimum Gasteiger partial charge on any atom is -0.396 e. The Balaban J connectivity index is 1.60. The van der Waals surface area contributed by atoms with Gasteiger partial charge in [0.05, 0.1) is 5.00 Å². The third kappa shape index (κ3) is 2.49. The van der Waals surface area contributed by atoms with Crippen LogP contribution in [0.3, 0.4) is 0 Å². The van der Waals surface area contributed by atoms with E-state index in [9.17, 15) is 9.90 Å². The highest BCUT2D eigenvalue weighted by molar-refractivity contribution is 7.16. The number of hydrogen-bond donors (Lipinski definition) is 3. The highest BCUT2D eigenvalue weighted by atomic mass is 32.1. The van der Waals surface area contributed by atoms with Crippen LogP contribution in [0.4, 0.5) is 9.80 Å². The van der Waals surface area contributed by atoms with E-state index < -0.39 is 0 Å². The number of thiophene rings is 1. The zero-order valence-electron chi connectivity index (χ0n) is 11.1. The van der Waals surface area contributed by atoms with Crippen LogP contribution >= 0.6 is 11.3 Å². The molecular weight excluding hydrogens is 260 g/mol. The zero-order valence-corrected chi connectivity index (χ0v) is 11.9. The first-order chi connectivity index (χ1) is 9.17. The summed E-state index contributed by atoms with van der Waals surface area (Å²) in [5.74, 6) is 1.40. The molecule has 5 heteroatoms. The summed E-state index contributed by atoms with van der Waals surface area (Å²) in [7, 11) is 0. The van der Waals surface area contributed by atoms with Gasteiger partial charge in [-0.15, -0.1) is 11.3 Å². The zero-order chi connectivity index (χ0) is 13.4. The number of urea groups is 1. The lowest BCUT2D eigenvalue weighted by molar-refractivity contribution is 0.146. The topological polar surface area (TPSA) is 61.4 Å². The Morgan fingerprint density at radius 3 is 2.89 bits per heavy atom. The number of carbonyl (C=O) groups excluding carboxylic acids is 1. The molecule has 1 heterocycles. The highest BCUT2D eigenvalue weighted by Crippen LogP contribution is 2.48. The van der Waals surface area contributed by atoms with Crippen LogP contribution in [0.25, 0.3) is 0 Å². The fourth-order valence-electron chi connectivity index (χ4n) is 3.70. The average Bonchev–Trinajstić information content (AvgIpc) is 3.05. The Kier molecular flexibility index (Phi) is 3.50. The van der Waals surface area contributed by atoms with E-state index in [1.54, 1.807) is 11.3 Å². The maximum Gasteiger partial charge on any atom is 0.320 e. The van der Waals surface area contributed by atoms with Gasteiger partial charge >= 0.3 is 6.03 Å². The van der Waals surface area contributed by atoms with E-state index in [1.165, 1.54) is 17.7 Å². The molecule has 0 aliphatic heterocycles. The molecule has 2 saturated carbocycles. The molecular formula is C14H20N2O2S. The number of carbonyl (C=O) groups is 1. The first kappa shape index (κ1) is 12.9. The number of aliphatic hydroxyl groups is 1. The van der Waals surface area contributed by atoms with Gasteiger partial charge in [0.15, 0.2) is 0 Å². The van der Waals surface area contributed by atoms with Crippen LogP contribution in [0.1, 0.15) is 24.1 Å². The second-order valence-corrected chi connectivity index (χ2v) is 7.00. The number of rotatable bonds is 3. The van der Waals surface area contributed by atoms with Crippen molar-refractivity contribution >= 4 is 22.4 Å². The predicted molar refractivity (Wildman–Crippen MR) is 76.4 cm³/mol. The first-order valence-electron chi connectivity index (χ1n) is 6.92. The predicted octanol–water partition coefficient (Wildman–Crippen LogP) is 2.59. The second kappa shape index (κ2) is 5.13. The molecule has 3 rings (SSSR count). The molecule has 1 aromatic rings. The van der Waals surface area contributed by atoms with Gasteiger partial charge < -0.3 is 10.4 Å². The lowest BCUT2D eigenvalue weighted by Crippen LogP contribution is -2.46. The largest absolute Gasteiger partial charge is 0.396 e. The molecule has 1 aromatic heterocycles. The van der Waals surface area contributed by atoms with Crippen molar-refractivity contribution in [1.29, 1.82) is 0 Å². The van der Waals surface area contributed by atoms with Crippen LogP contribution in [0.2, 0.25) is 0 Å². The fourth-order valence-corrected chi connectivity index (χ4v) is 4.46. The van der Waals surface area contributed by atoms with Gasteiger partial charge in [-0.25, -0.2) is 4.79 Å². The SMILES string of the molecule is Cc1ccc(NC(=O)NC2C3CCC(C3)C2CO)s1. The molecule has 2 aliphatic rings. The summed E-state index contributed by atoms with van der Waals surface area (Å²) in [6.07, 6.45) is 3.55.